The van der Waals surface area contributed by atoms with Gasteiger partial charge in [0.25, 0.3) is 0 Å². The van der Waals surface area contributed by atoms with Crippen molar-refractivity contribution in [2.45, 2.75) is 44.2 Å². The molecule has 0 fully saturated rings. The van der Waals surface area contributed by atoms with Gasteiger partial charge in [-0.2, -0.15) is 0 Å². The van der Waals surface area contributed by atoms with Gasteiger partial charge < -0.3 is 10.0 Å². The molecule has 3 atom stereocenters. The molecule has 0 bridgehead atoms. The molecular weight excluding hydrogens is 270 g/mol. The Labute approximate surface area is 125 Å². The van der Waals surface area contributed by atoms with Crippen LogP contribution >= 0.6 is 0 Å². The second-order valence-electron chi connectivity index (χ2n) is 6.18. The second kappa shape index (κ2) is 6.83. The maximum atomic E-state index is 12.6. The minimum Gasteiger partial charge on any atom is -0.389 e. The van der Waals surface area contributed by atoms with E-state index in [1.807, 2.05) is 52.2 Å². The van der Waals surface area contributed by atoms with Crippen LogP contribution in [-0.4, -0.2) is 39.7 Å². The molecule has 0 saturated heterocycles. The number of benzene rings is 1. The quantitative estimate of drug-likeness (QED) is 0.878. The molecule has 2 unspecified atom stereocenters. The first-order chi connectivity index (χ1) is 9.16. The Morgan fingerprint density at radius 2 is 1.80 bits per heavy atom. The van der Waals surface area contributed by atoms with Crippen LogP contribution in [0.2, 0.25) is 0 Å². The largest absolute Gasteiger partial charge is 0.389 e. The first-order valence-corrected chi connectivity index (χ1v) is 8.34. The molecule has 1 N–H and O–H groups in total. The molecule has 0 heterocycles. The first kappa shape index (κ1) is 17.3. The van der Waals surface area contributed by atoms with E-state index in [4.69, 9.17) is 0 Å². The molecule has 0 aliphatic carbocycles. The summed E-state index contributed by atoms with van der Waals surface area (Å²) in [5.41, 5.74) is 0.148. The fraction of sp³-hybridized carbons (Fsp3) is 0.625. The van der Waals surface area contributed by atoms with Gasteiger partial charge in [-0.05, 0) is 45.5 Å². The van der Waals surface area contributed by atoms with Crippen LogP contribution in [0.25, 0.3) is 0 Å². The number of hydrogen-bond donors (Lipinski definition) is 1. The zero-order valence-electron chi connectivity index (χ0n) is 13.4. The van der Waals surface area contributed by atoms with Crippen molar-refractivity contribution in [2.24, 2.45) is 5.92 Å². The Morgan fingerprint density at radius 3 is 2.30 bits per heavy atom. The minimum atomic E-state index is -1.20. The SMILES string of the molecule is CC(c1ccccc1S(=O)C[C@@](C)(O)C(C)C)N(C)C. The van der Waals surface area contributed by atoms with Gasteiger partial charge in [-0.3, -0.25) is 4.21 Å². The van der Waals surface area contributed by atoms with Gasteiger partial charge in [0.1, 0.15) is 0 Å². The number of rotatable bonds is 6. The summed E-state index contributed by atoms with van der Waals surface area (Å²) in [5, 5.41) is 10.4. The number of hydrogen-bond acceptors (Lipinski definition) is 3. The predicted octanol–water partition coefficient (Wildman–Crippen LogP) is 2.82. The highest BCUT2D eigenvalue weighted by atomic mass is 32.2. The highest BCUT2D eigenvalue weighted by molar-refractivity contribution is 7.85. The zero-order valence-corrected chi connectivity index (χ0v) is 14.2. The van der Waals surface area contributed by atoms with Crippen LogP contribution in [-0.2, 0) is 10.8 Å². The Balaban J connectivity index is 3.05. The van der Waals surface area contributed by atoms with Crippen LogP contribution in [0.15, 0.2) is 29.2 Å². The molecule has 0 aromatic heterocycles. The number of aliphatic hydroxyl groups is 1. The lowest BCUT2D eigenvalue weighted by molar-refractivity contribution is 0.0368. The van der Waals surface area contributed by atoms with E-state index < -0.39 is 16.4 Å². The Hall–Kier alpha value is -0.710. The van der Waals surface area contributed by atoms with Crippen molar-refractivity contribution in [3.63, 3.8) is 0 Å². The van der Waals surface area contributed by atoms with E-state index in [0.717, 1.165) is 10.5 Å². The third-order valence-electron chi connectivity index (χ3n) is 4.06. The molecule has 0 spiro atoms. The van der Waals surface area contributed by atoms with Crippen molar-refractivity contribution in [2.75, 3.05) is 19.8 Å². The average Bonchev–Trinajstić information content (AvgIpc) is 2.37. The Bertz CT molecular complexity index is 469. The van der Waals surface area contributed by atoms with E-state index in [-0.39, 0.29) is 17.7 Å². The fourth-order valence-electron chi connectivity index (χ4n) is 1.82. The van der Waals surface area contributed by atoms with Crippen molar-refractivity contribution in [1.29, 1.82) is 0 Å². The van der Waals surface area contributed by atoms with Gasteiger partial charge in [0, 0.05) is 10.9 Å². The van der Waals surface area contributed by atoms with Crippen LogP contribution in [0.3, 0.4) is 0 Å². The van der Waals surface area contributed by atoms with Gasteiger partial charge in [-0.15, -0.1) is 0 Å². The zero-order chi connectivity index (χ0) is 15.5. The highest BCUT2D eigenvalue weighted by Crippen LogP contribution is 2.27. The van der Waals surface area contributed by atoms with Gasteiger partial charge in [-0.1, -0.05) is 32.0 Å². The average molecular weight is 297 g/mol. The molecule has 114 valence electrons. The van der Waals surface area contributed by atoms with Gasteiger partial charge >= 0.3 is 0 Å². The lowest BCUT2D eigenvalue weighted by Gasteiger charge is -2.28. The molecule has 1 rings (SSSR count). The summed E-state index contributed by atoms with van der Waals surface area (Å²) in [7, 11) is 2.82. The van der Waals surface area contributed by atoms with E-state index >= 15 is 0 Å². The molecule has 0 amide bonds. The summed E-state index contributed by atoms with van der Waals surface area (Å²) in [4.78, 5) is 2.92. The third kappa shape index (κ3) is 4.14. The molecule has 0 radical (unpaired) electrons. The smallest absolute Gasteiger partial charge is 0.0760 e. The lowest BCUT2D eigenvalue weighted by Crippen LogP contribution is -2.37. The van der Waals surface area contributed by atoms with Gasteiger partial charge in [0.05, 0.1) is 22.2 Å². The van der Waals surface area contributed by atoms with Crippen LogP contribution in [0.1, 0.15) is 39.3 Å². The van der Waals surface area contributed by atoms with Gasteiger partial charge in [-0.25, -0.2) is 0 Å². The molecule has 0 aliphatic heterocycles. The summed E-state index contributed by atoms with van der Waals surface area (Å²) < 4.78 is 12.6. The summed E-state index contributed by atoms with van der Waals surface area (Å²) in [5.74, 6) is 0.340. The molecule has 0 aliphatic rings. The third-order valence-corrected chi connectivity index (χ3v) is 5.77. The Morgan fingerprint density at radius 1 is 1.25 bits per heavy atom. The molecule has 1 aromatic carbocycles. The summed E-state index contributed by atoms with van der Waals surface area (Å²) in [6.07, 6.45) is 0. The standard InChI is InChI=1S/C16H27NO2S/c1-12(2)16(4,18)11-20(19)15-10-8-7-9-14(15)13(3)17(5)6/h7-10,12-13,18H,11H2,1-6H3/t13?,16-,20?/m1/s1. The van der Waals surface area contributed by atoms with Crippen LogP contribution in [0.5, 0.6) is 0 Å². The van der Waals surface area contributed by atoms with Gasteiger partial charge in [0.15, 0.2) is 0 Å². The van der Waals surface area contributed by atoms with Crippen molar-refractivity contribution in [3.8, 4) is 0 Å². The normalized spacial score (nSPS) is 18.1. The van der Waals surface area contributed by atoms with Crippen LogP contribution < -0.4 is 0 Å². The monoisotopic (exact) mass is 297 g/mol. The maximum absolute atomic E-state index is 12.6. The molecule has 0 saturated carbocycles. The molecule has 4 heteroatoms. The number of nitrogens with zero attached hydrogens (tertiary/aromatic N) is 1. The Kier molecular flexibility index (Phi) is 5.92. The van der Waals surface area contributed by atoms with E-state index in [1.165, 1.54) is 0 Å². The van der Waals surface area contributed by atoms with E-state index in [9.17, 15) is 9.32 Å². The highest BCUT2D eigenvalue weighted by Gasteiger charge is 2.29. The predicted molar refractivity (Wildman–Crippen MR) is 85.3 cm³/mol. The van der Waals surface area contributed by atoms with Gasteiger partial charge in [0.2, 0.25) is 0 Å². The fourth-order valence-corrected chi connectivity index (χ4v) is 3.57. The summed E-state index contributed by atoms with van der Waals surface area (Å²) in [6.45, 7) is 7.75. The summed E-state index contributed by atoms with van der Waals surface area (Å²) >= 11 is 0. The van der Waals surface area contributed by atoms with Crippen molar-refractivity contribution >= 4 is 10.8 Å². The summed E-state index contributed by atoms with van der Waals surface area (Å²) in [6, 6.07) is 7.99. The van der Waals surface area contributed by atoms with Crippen LogP contribution in [0, 0.1) is 5.92 Å². The molecule has 3 nitrogen and oxygen atoms in total. The van der Waals surface area contributed by atoms with E-state index in [2.05, 4.69) is 11.8 Å². The minimum absolute atomic E-state index is 0.0740. The van der Waals surface area contributed by atoms with Crippen molar-refractivity contribution < 1.29 is 9.32 Å². The van der Waals surface area contributed by atoms with Crippen molar-refractivity contribution in [3.05, 3.63) is 29.8 Å². The lowest BCUT2D eigenvalue weighted by atomic mass is 9.95. The molecular formula is C16H27NO2S. The second-order valence-corrected chi connectivity index (χ2v) is 7.60. The van der Waals surface area contributed by atoms with E-state index in [1.54, 1.807) is 6.92 Å². The van der Waals surface area contributed by atoms with Crippen molar-refractivity contribution in [1.82, 2.24) is 4.90 Å². The van der Waals surface area contributed by atoms with Crippen LogP contribution in [0.4, 0.5) is 0 Å². The van der Waals surface area contributed by atoms with E-state index in [0.29, 0.717) is 0 Å². The molecule has 20 heavy (non-hydrogen) atoms. The maximum Gasteiger partial charge on any atom is 0.0760 e. The first-order valence-electron chi connectivity index (χ1n) is 7.03. The topological polar surface area (TPSA) is 40.5 Å². The molecule has 1 aromatic rings.